The molecule has 3 aromatic rings. The number of likely N-dealkylation sites (tertiary alicyclic amines) is 1. The lowest BCUT2D eigenvalue weighted by Crippen LogP contribution is -2.52. The molecule has 3 heterocycles. The standard InChI is InChI=1S/C28H37N5O/c1-21(2)22-10-12-24(13-11-22)32-15-17-33(18-16-32)28(34)23-7-6-14-31(19-23)20-27-29-25-8-4-5-9-26(25)30(27)3/h4-5,8-13,21,23H,6-7,14-20H2,1-3H3/t23-/m0/s1. The molecule has 0 unspecified atom stereocenters. The van der Waals surface area contributed by atoms with Crippen LogP contribution in [0.1, 0.15) is 44.0 Å². The van der Waals surface area contributed by atoms with E-state index in [0.29, 0.717) is 11.8 Å². The maximum atomic E-state index is 13.4. The van der Waals surface area contributed by atoms with E-state index < -0.39 is 0 Å². The average molecular weight is 460 g/mol. The van der Waals surface area contributed by atoms with Crippen LogP contribution in [0, 0.1) is 5.92 Å². The highest BCUT2D eigenvalue weighted by Crippen LogP contribution is 2.25. The molecule has 0 bridgehead atoms. The topological polar surface area (TPSA) is 44.6 Å². The predicted octanol–water partition coefficient (Wildman–Crippen LogP) is 4.26. The van der Waals surface area contributed by atoms with Crippen LogP contribution < -0.4 is 4.90 Å². The summed E-state index contributed by atoms with van der Waals surface area (Å²) < 4.78 is 2.19. The van der Waals surface area contributed by atoms with Gasteiger partial charge in [-0.1, -0.05) is 38.1 Å². The monoisotopic (exact) mass is 459 g/mol. The minimum atomic E-state index is 0.0975. The van der Waals surface area contributed by atoms with Crippen molar-refractivity contribution in [3.05, 3.63) is 59.9 Å². The maximum absolute atomic E-state index is 13.4. The zero-order chi connectivity index (χ0) is 23.7. The van der Waals surface area contributed by atoms with Gasteiger partial charge in [-0.05, 0) is 55.1 Å². The molecular weight excluding hydrogens is 422 g/mol. The number of nitrogens with zero attached hydrogens (tertiary/aromatic N) is 5. The molecule has 2 fully saturated rings. The Morgan fingerprint density at radius 3 is 2.44 bits per heavy atom. The summed E-state index contributed by atoms with van der Waals surface area (Å²) in [7, 11) is 2.09. The van der Waals surface area contributed by atoms with Crippen molar-refractivity contribution in [3.63, 3.8) is 0 Å². The highest BCUT2D eigenvalue weighted by Gasteiger charge is 2.31. The third kappa shape index (κ3) is 4.69. The number of carbonyl (C=O) groups excluding carboxylic acids is 1. The van der Waals surface area contributed by atoms with Crippen molar-refractivity contribution >= 4 is 22.6 Å². The summed E-state index contributed by atoms with van der Waals surface area (Å²) >= 11 is 0. The van der Waals surface area contributed by atoms with Gasteiger partial charge >= 0.3 is 0 Å². The quantitative estimate of drug-likeness (QED) is 0.572. The summed E-state index contributed by atoms with van der Waals surface area (Å²) in [5.74, 6) is 2.06. The van der Waals surface area contributed by atoms with Gasteiger partial charge < -0.3 is 14.4 Å². The lowest BCUT2D eigenvalue weighted by Gasteiger charge is -2.39. The van der Waals surface area contributed by atoms with Crippen LogP contribution in [0.2, 0.25) is 0 Å². The Bertz CT molecular complexity index is 1130. The van der Waals surface area contributed by atoms with E-state index in [0.717, 1.165) is 70.0 Å². The van der Waals surface area contributed by atoms with Crippen LogP contribution in [0.5, 0.6) is 0 Å². The van der Waals surface area contributed by atoms with Gasteiger partial charge in [0.25, 0.3) is 0 Å². The van der Waals surface area contributed by atoms with Gasteiger partial charge in [0.15, 0.2) is 0 Å². The van der Waals surface area contributed by atoms with Crippen LogP contribution >= 0.6 is 0 Å². The lowest BCUT2D eigenvalue weighted by atomic mass is 9.96. The van der Waals surface area contributed by atoms with Gasteiger partial charge in [0.1, 0.15) is 5.82 Å². The van der Waals surface area contributed by atoms with Crippen LogP contribution in [0.15, 0.2) is 48.5 Å². The molecule has 1 atom stereocenters. The molecule has 6 nitrogen and oxygen atoms in total. The molecule has 0 N–H and O–H groups in total. The van der Waals surface area contributed by atoms with E-state index in [9.17, 15) is 4.79 Å². The van der Waals surface area contributed by atoms with E-state index in [4.69, 9.17) is 4.98 Å². The van der Waals surface area contributed by atoms with Crippen molar-refractivity contribution in [2.45, 2.75) is 39.2 Å². The smallest absolute Gasteiger partial charge is 0.227 e. The fraction of sp³-hybridized carbons (Fsp3) is 0.500. The van der Waals surface area contributed by atoms with Crippen molar-refractivity contribution in [3.8, 4) is 0 Å². The highest BCUT2D eigenvalue weighted by molar-refractivity contribution is 5.79. The van der Waals surface area contributed by atoms with E-state index in [1.54, 1.807) is 0 Å². The first-order valence-electron chi connectivity index (χ1n) is 12.8. The summed E-state index contributed by atoms with van der Waals surface area (Å²) in [5, 5.41) is 0. The van der Waals surface area contributed by atoms with Crippen LogP contribution in [0.3, 0.4) is 0 Å². The molecule has 34 heavy (non-hydrogen) atoms. The molecule has 0 saturated carbocycles. The second-order valence-corrected chi connectivity index (χ2v) is 10.2. The van der Waals surface area contributed by atoms with Gasteiger partial charge in [0.05, 0.1) is 23.5 Å². The maximum Gasteiger partial charge on any atom is 0.227 e. The summed E-state index contributed by atoms with van der Waals surface area (Å²) in [6, 6.07) is 17.2. The average Bonchev–Trinajstić information content (AvgIpc) is 3.19. The molecule has 2 aliphatic heterocycles. The van der Waals surface area contributed by atoms with Crippen molar-refractivity contribution < 1.29 is 4.79 Å². The first-order valence-corrected chi connectivity index (χ1v) is 12.8. The minimum absolute atomic E-state index is 0.0975. The molecule has 6 heteroatoms. The molecule has 0 spiro atoms. The number of piperazine rings is 1. The number of hydrogen-bond donors (Lipinski definition) is 0. The van der Waals surface area contributed by atoms with E-state index in [-0.39, 0.29) is 5.92 Å². The van der Waals surface area contributed by atoms with E-state index in [1.165, 1.54) is 16.8 Å². The van der Waals surface area contributed by atoms with Gasteiger partial charge in [0.2, 0.25) is 5.91 Å². The van der Waals surface area contributed by atoms with Crippen molar-refractivity contribution in [1.29, 1.82) is 0 Å². The summed E-state index contributed by atoms with van der Waals surface area (Å²) in [5.41, 5.74) is 4.85. The molecule has 1 amide bonds. The Morgan fingerprint density at radius 2 is 1.74 bits per heavy atom. The Balaban J connectivity index is 1.17. The second-order valence-electron chi connectivity index (χ2n) is 10.2. The van der Waals surface area contributed by atoms with Crippen molar-refractivity contribution in [2.75, 3.05) is 44.2 Å². The normalized spacial score (nSPS) is 19.8. The number of para-hydroxylation sites is 2. The van der Waals surface area contributed by atoms with E-state index >= 15 is 0 Å². The van der Waals surface area contributed by atoms with Gasteiger partial charge in [0, 0.05) is 45.5 Å². The number of benzene rings is 2. The predicted molar refractivity (Wildman–Crippen MR) is 138 cm³/mol. The number of carbonyl (C=O) groups is 1. The number of anilines is 1. The molecular formula is C28H37N5O. The fourth-order valence-corrected chi connectivity index (χ4v) is 5.45. The van der Waals surface area contributed by atoms with E-state index in [2.05, 4.69) is 82.6 Å². The number of piperidine rings is 1. The van der Waals surface area contributed by atoms with E-state index in [1.807, 2.05) is 6.07 Å². The van der Waals surface area contributed by atoms with Gasteiger partial charge in [-0.25, -0.2) is 4.98 Å². The second kappa shape index (κ2) is 9.79. The molecule has 5 rings (SSSR count). The van der Waals surface area contributed by atoms with Crippen LogP contribution in [0.25, 0.3) is 11.0 Å². The summed E-state index contributed by atoms with van der Waals surface area (Å²) in [4.78, 5) is 25.1. The number of aryl methyl sites for hydroxylation is 1. The number of imidazole rings is 1. The Labute approximate surface area is 203 Å². The van der Waals surface area contributed by atoms with Crippen LogP contribution in [-0.2, 0) is 18.4 Å². The largest absolute Gasteiger partial charge is 0.368 e. The third-order valence-corrected chi connectivity index (χ3v) is 7.62. The molecule has 2 aromatic carbocycles. The third-order valence-electron chi connectivity index (χ3n) is 7.62. The van der Waals surface area contributed by atoms with Crippen molar-refractivity contribution in [1.82, 2.24) is 19.4 Å². The zero-order valence-electron chi connectivity index (χ0n) is 20.8. The number of hydrogen-bond acceptors (Lipinski definition) is 4. The molecule has 180 valence electrons. The molecule has 0 aliphatic carbocycles. The van der Waals surface area contributed by atoms with Gasteiger partial charge in [-0.3, -0.25) is 9.69 Å². The molecule has 0 radical (unpaired) electrons. The minimum Gasteiger partial charge on any atom is -0.368 e. The summed E-state index contributed by atoms with van der Waals surface area (Å²) in [6.45, 7) is 10.6. The Kier molecular flexibility index (Phi) is 6.59. The number of amides is 1. The molecule has 2 saturated heterocycles. The van der Waals surface area contributed by atoms with Gasteiger partial charge in [-0.15, -0.1) is 0 Å². The first-order chi connectivity index (χ1) is 16.5. The van der Waals surface area contributed by atoms with Crippen LogP contribution in [0.4, 0.5) is 5.69 Å². The fourth-order valence-electron chi connectivity index (χ4n) is 5.45. The number of aromatic nitrogens is 2. The Hall–Kier alpha value is -2.86. The molecule has 2 aliphatic rings. The Morgan fingerprint density at radius 1 is 1.00 bits per heavy atom. The van der Waals surface area contributed by atoms with Gasteiger partial charge in [-0.2, -0.15) is 0 Å². The SMILES string of the molecule is CC(C)c1ccc(N2CCN(C(=O)[C@H]3CCCN(Cc4nc5ccccc5n4C)C3)CC2)cc1. The summed E-state index contributed by atoms with van der Waals surface area (Å²) in [6.07, 6.45) is 2.07. The zero-order valence-corrected chi connectivity index (χ0v) is 20.8. The highest BCUT2D eigenvalue weighted by atomic mass is 16.2. The molecule has 1 aromatic heterocycles. The number of fused-ring (bicyclic) bond motifs is 1. The lowest BCUT2D eigenvalue weighted by molar-refractivity contribution is -0.137. The first kappa shape index (κ1) is 22.9. The van der Waals surface area contributed by atoms with Crippen LogP contribution in [-0.4, -0.2) is 64.5 Å². The number of rotatable bonds is 5. The van der Waals surface area contributed by atoms with Crippen molar-refractivity contribution in [2.24, 2.45) is 13.0 Å².